The molecule has 0 bridgehead atoms. The number of aromatic nitrogens is 3. The molecule has 2 aromatic heterocycles. The van der Waals surface area contributed by atoms with Gasteiger partial charge in [0, 0.05) is 23.3 Å². The Morgan fingerprint density at radius 2 is 2.17 bits per heavy atom. The second-order valence-electron chi connectivity index (χ2n) is 2.30. The summed E-state index contributed by atoms with van der Waals surface area (Å²) in [5.74, 6) is 2.50. The van der Waals surface area contributed by atoms with Crippen molar-refractivity contribution in [3.05, 3.63) is 30.4 Å². The van der Waals surface area contributed by atoms with Gasteiger partial charge in [-0.05, 0) is 6.07 Å². The monoisotopic (exact) mass is 155 g/mol. The highest BCUT2D eigenvalue weighted by Gasteiger charge is 1.94. The molecule has 56 valence electrons. The molecule has 0 aliphatic rings. The first-order valence-corrected chi connectivity index (χ1v) is 3.42. The molecule has 0 aliphatic carbocycles. The van der Waals surface area contributed by atoms with Crippen LogP contribution in [0.4, 0.5) is 0 Å². The van der Waals surface area contributed by atoms with Crippen molar-refractivity contribution >= 4 is 11.0 Å². The van der Waals surface area contributed by atoms with Crippen LogP contribution in [0.5, 0.6) is 0 Å². The molecule has 0 radical (unpaired) electrons. The Bertz CT molecular complexity index is 457. The molecule has 0 fully saturated rings. The lowest BCUT2D eigenvalue weighted by atomic mass is 10.2. The van der Waals surface area contributed by atoms with Crippen molar-refractivity contribution < 1.29 is 0 Å². The second-order valence-corrected chi connectivity index (χ2v) is 2.30. The molecule has 0 saturated heterocycles. The molecule has 0 spiro atoms. The predicted molar refractivity (Wildman–Crippen MR) is 45.3 cm³/mol. The van der Waals surface area contributed by atoms with E-state index in [0.29, 0.717) is 5.65 Å². The highest BCUT2D eigenvalue weighted by molar-refractivity contribution is 5.74. The van der Waals surface area contributed by atoms with Gasteiger partial charge in [0.25, 0.3) is 0 Å². The van der Waals surface area contributed by atoms with E-state index in [9.17, 15) is 0 Å². The number of pyridine rings is 1. The van der Waals surface area contributed by atoms with Gasteiger partial charge in [0.1, 0.15) is 6.33 Å². The molecule has 0 unspecified atom stereocenters. The summed E-state index contributed by atoms with van der Waals surface area (Å²) >= 11 is 0. The smallest absolute Gasteiger partial charge is 0.162 e. The Morgan fingerprint density at radius 1 is 1.25 bits per heavy atom. The molecule has 12 heavy (non-hydrogen) atoms. The van der Waals surface area contributed by atoms with Gasteiger partial charge in [-0.2, -0.15) is 0 Å². The zero-order chi connectivity index (χ0) is 8.39. The van der Waals surface area contributed by atoms with Gasteiger partial charge in [-0.3, -0.25) is 0 Å². The van der Waals surface area contributed by atoms with Crippen LogP contribution in [-0.2, 0) is 0 Å². The summed E-state index contributed by atoms with van der Waals surface area (Å²) in [7, 11) is 0. The maximum absolute atomic E-state index is 5.21. The van der Waals surface area contributed by atoms with Crippen molar-refractivity contribution in [2.24, 2.45) is 0 Å². The van der Waals surface area contributed by atoms with Gasteiger partial charge in [-0.25, -0.2) is 15.0 Å². The Hall–Kier alpha value is -1.95. The Balaban J connectivity index is 2.78. The fourth-order valence-corrected chi connectivity index (χ4v) is 0.958. The summed E-state index contributed by atoms with van der Waals surface area (Å²) in [6, 6.07) is 1.84. The topological polar surface area (TPSA) is 38.7 Å². The minimum absolute atomic E-state index is 0.670. The number of rotatable bonds is 0. The summed E-state index contributed by atoms with van der Waals surface area (Å²) < 4.78 is 0. The third-order valence-corrected chi connectivity index (χ3v) is 1.52. The van der Waals surface area contributed by atoms with E-state index in [0.717, 1.165) is 10.9 Å². The summed E-state index contributed by atoms with van der Waals surface area (Å²) in [5.41, 5.74) is 1.42. The highest BCUT2D eigenvalue weighted by Crippen LogP contribution is 2.07. The van der Waals surface area contributed by atoms with Crippen LogP contribution in [0, 0.1) is 12.3 Å². The molecule has 2 heterocycles. The Kier molecular flexibility index (Phi) is 1.45. The van der Waals surface area contributed by atoms with Crippen LogP contribution in [0.25, 0.3) is 11.0 Å². The van der Waals surface area contributed by atoms with E-state index in [4.69, 9.17) is 6.42 Å². The van der Waals surface area contributed by atoms with Gasteiger partial charge in [0.2, 0.25) is 0 Å². The predicted octanol–water partition coefficient (Wildman–Crippen LogP) is 1.01. The molecular formula is C9H5N3. The zero-order valence-electron chi connectivity index (χ0n) is 6.23. The highest BCUT2D eigenvalue weighted by atomic mass is 14.9. The van der Waals surface area contributed by atoms with Crippen LogP contribution in [0.1, 0.15) is 5.56 Å². The fraction of sp³-hybridized carbons (Fsp3) is 0. The number of fused-ring (bicyclic) bond motifs is 1. The lowest BCUT2D eigenvalue weighted by Gasteiger charge is -1.93. The normalized spacial score (nSPS) is 9.58. The number of hydrogen-bond acceptors (Lipinski definition) is 3. The summed E-state index contributed by atoms with van der Waals surface area (Å²) in [6.45, 7) is 0. The average molecular weight is 155 g/mol. The van der Waals surface area contributed by atoms with Gasteiger partial charge >= 0.3 is 0 Å². The van der Waals surface area contributed by atoms with Gasteiger partial charge in [-0.1, -0.05) is 5.92 Å². The molecule has 0 aromatic carbocycles. The van der Waals surface area contributed by atoms with E-state index in [1.807, 2.05) is 6.07 Å². The number of terminal acetylenes is 1. The van der Waals surface area contributed by atoms with Gasteiger partial charge in [0.05, 0.1) is 0 Å². The summed E-state index contributed by atoms with van der Waals surface area (Å²) in [4.78, 5) is 11.9. The fourth-order valence-electron chi connectivity index (χ4n) is 0.958. The minimum Gasteiger partial charge on any atom is -0.244 e. The van der Waals surface area contributed by atoms with Gasteiger partial charge < -0.3 is 0 Å². The molecule has 3 nitrogen and oxygen atoms in total. The van der Waals surface area contributed by atoms with Crippen LogP contribution < -0.4 is 0 Å². The largest absolute Gasteiger partial charge is 0.244 e. The Morgan fingerprint density at radius 3 is 3.00 bits per heavy atom. The van der Waals surface area contributed by atoms with Crippen molar-refractivity contribution in [2.45, 2.75) is 0 Å². The first-order chi connectivity index (χ1) is 5.90. The molecule has 0 aliphatic heterocycles. The molecule has 2 aromatic rings. The first kappa shape index (κ1) is 6.74. The molecule has 3 heteroatoms. The summed E-state index contributed by atoms with van der Waals surface area (Å²) in [5, 5.41) is 0.868. The third-order valence-electron chi connectivity index (χ3n) is 1.52. The molecule has 0 atom stereocenters. The lowest BCUT2D eigenvalue weighted by molar-refractivity contribution is 1.18. The SMILES string of the molecule is C#Cc1cnc2ncncc2c1. The molecular weight excluding hydrogens is 150 g/mol. The van der Waals surface area contributed by atoms with Crippen molar-refractivity contribution in [2.75, 3.05) is 0 Å². The summed E-state index contributed by atoms with van der Waals surface area (Å²) in [6.07, 6.45) is 9.98. The van der Waals surface area contributed by atoms with Crippen molar-refractivity contribution in [3.63, 3.8) is 0 Å². The van der Waals surface area contributed by atoms with Crippen LogP contribution in [0.3, 0.4) is 0 Å². The molecule has 0 amide bonds. The molecule has 0 N–H and O–H groups in total. The van der Waals surface area contributed by atoms with Crippen molar-refractivity contribution in [1.29, 1.82) is 0 Å². The minimum atomic E-state index is 0.670. The maximum Gasteiger partial charge on any atom is 0.162 e. The number of nitrogens with zero attached hydrogens (tertiary/aromatic N) is 3. The van der Waals surface area contributed by atoms with E-state index in [2.05, 4.69) is 20.9 Å². The van der Waals surface area contributed by atoms with Crippen molar-refractivity contribution in [3.8, 4) is 12.3 Å². The van der Waals surface area contributed by atoms with E-state index in [1.54, 1.807) is 12.4 Å². The van der Waals surface area contributed by atoms with Crippen LogP contribution in [0.2, 0.25) is 0 Å². The lowest BCUT2D eigenvalue weighted by Crippen LogP contribution is -1.85. The first-order valence-electron chi connectivity index (χ1n) is 3.42. The van der Waals surface area contributed by atoms with E-state index >= 15 is 0 Å². The van der Waals surface area contributed by atoms with Gasteiger partial charge in [0.15, 0.2) is 5.65 Å². The maximum atomic E-state index is 5.21. The van der Waals surface area contributed by atoms with Crippen LogP contribution >= 0.6 is 0 Å². The van der Waals surface area contributed by atoms with Crippen LogP contribution in [0.15, 0.2) is 24.8 Å². The van der Waals surface area contributed by atoms with E-state index < -0.39 is 0 Å². The van der Waals surface area contributed by atoms with E-state index in [-0.39, 0.29) is 0 Å². The van der Waals surface area contributed by atoms with Gasteiger partial charge in [-0.15, -0.1) is 6.42 Å². The van der Waals surface area contributed by atoms with Crippen LogP contribution in [-0.4, -0.2) is 15.0 Å². The standard InChI is InChI=1S/C9H5N3/c1-2-7-3-8-5-10-6-12-9(8)11-4-7/h1,3-6H. The Labute approximate surface area is 69.5 Å². The molecule has 0 saturated carbocycles. The zero-order valence-corrected chi connectivity index (χ0v) is 6.23. The quantitative estimate of drug-likeness (QED) is 0.533. The molecule has 2 rings (SSSR count). The van der Waals surface area contributed by atoms with E-state index in [1.165, 1.54) is 6.33 Å². The second kappa shape index (κ2) is 2.59. The van der Waals surface area contributed by atoms with Crippen molar-refractivity contribution in [1.82, 2.24) is 15.0 Å². The third kappa shape index (κ3) is 0.995. The number of hydrogen-bond donors (Lipinski definition) is 0. The average Bonchev–Trinajstić information content (AvgIpc) is 2.17.